The minimum absolute atomic E-state index is 0.743. The maximum absolute atomic E-state index is 9.85. The minimum atomic E-state index is 0.743. The summed E-state index contributed by atoms with van der Waals surface area (Å²) >= 11 is 0. The van der Waals surface area contributed by atoms with Crippen LogP contribution < -0.4 is 5.48 Å². The SMILES string of the molecule is CC(C)CCCC[NH2+][O-]. The Bertz CT molecular complexity index is 54.9. The van der Waals surface area contributed by atoms with E-state index >= 15 is 0 Å². The molecule has 0 atom stereocenters. The molecule has 0 aliphatic carbocycles. The number of nitrogens with two attached hydrogens (primary N) is 1. The van der Waals surface area contributed by atoms with E-state index in [1.54, 1.807) is 0 Å². The molecule has 2 heteroatoms. The minimum Gasteiger partial charge on any atom is -0.636 e. The van der Waals surface area contributed by atoms with Gasteiger partial charge in [0.1, 0.15) is 0 Å². The Morgan fingerprint density at radius 2 is 2.00 bits per heavy atom. The molecule has 0 amide bonds. The fraction of sp³-hybridized carbons (Fsp3) is 1.00. The van der Waals surface area contributed by atoms with Gasteiger partial charge in [-0.05, 0) is 18.8 Å². The number of hydroxylamine groups is 1. The van der Waals surface area contributed by atoms with Crippen LogP contribution in [-0.4, -0.2) is 6.54 Å². The van der Waals surface area contributed by atoms with Gasteiger partial charge in [-0.1, -0.05) is 20.3 Å². The van der Waals surface area contributed by atoms with E-state index in [0.29, 0.717) is 0 Å². The summed E-state index contributed by atoms with van der Waals surface area (Å²) < 4.78 is 0. The Hall–Kier alpha value is -0.0800. The van der Waals surface area contributed by atoms with Crippen molar-refractivity contribution in [3.8, 4) is 0 Å². The van der Waals surface area contributed by atoms with Crippen LogP contribution in [0.15, 0.2) is 0 Å². The summed E-state index contributed by atoms with van der Waals surface area (Å²) in [5, 5.41) is 9.85. The van der Waals surface area contributed by atoms with Gasteiger partial charge in [0.15, 0.2) is 0 Å². The van der Waals surface area contributed by atoms with E-state index in [4.69, 9.17) is 0 Å². The first kappa shape index (κ1) is 8.92. The molecule has 0 aromatic carbocycles. The second-order valence-electron chi connectivity index (χ2n) is 2.84. The van der Waals surface area contributed by atoms with Crippen molar-refractivity contribution in [3.05, 3.63) is 5.21 Å². The molecule has 0 aliphatic heterocycles. The van der Waals surface area contributed by atoms with Crippen molar-refractivity contribution < 1.29 is 5.48 Å². The van der Waals surface area contributed by atoms with Crippen molar-refractivity contribution in [2.45, 2.75) is 33.1 Å². The Balaban J connectivity index is 2.75. The zero-order valence-electron chi connectivity index (χ0n) is 6.39. The van der Waals surface area contributed by atoms with Crippen LogP contribution in [0, 0.1) is 11.1 Å². The highest BCUT2D eigenvalue weighted by Crippen LogP contribution is 2.04. The van der Waals surface area contributed by atoms with Gasteiger partial charge in [-0.25, -0.2) is 0 Å². The third-order valence-electron chi connectivity index (χ3n) is 1.35. The van der Waals surface area contributed by atoms with Crippen LogP contribution in [0.3, 0.4) is 0 Å². The van der Waals surface area contributed by atoms with Gasteiger partial charge in [0.05, 0.1) is 6.54 Å². The van der Waals surface area contributed by atoms with E-state index in [1.807, 2.05) is 0 Å². The molecule has 0 saturated heterocycles. The molecule has 0 aromatic rings. The molecule has 2 nitrogen and oxygen atoms in total. The molecule has 0 rings (SSSR count). The Morgan fingerprint density at radius 3 is 2.44 bits per heavy atom. The monoisotopic (exact) mass is 131 g/mol. The van der Waals surface area contributed by atoms with E-state index in [9.17, 15) is 5.21 Å². The lowest BCUT2D eigenvalue weighted by molar-refractivity contribution is -0.589. The fourth-order valence-corrected chi connectivity index (χ4v) is 0.780. The summed E-state index contributed by atoms with van der Waals surface area (Å²) in [7, 11) is 0. The molecule has 9 heavy (non-hydrogen) atoms. The van der Waals surface area contributed by atoms with Crippen LogP contribution in [0.4, 0.5) is 0 Å². The van der Waals surface area contributed by atoms with Crippen molar-refractivity contribution >= 4 is 0 Å². The van der Waals surface area contributed by atoms with Crippen LogP contribution >= 0.6 is 0 Å². The quantitative estimate of drug-likeness (QED) is 0.436. The number of unbranched alkanes of at least 4 members (excludes halogenated alkanes) is 1. The zero-order valence-corrected chi connectivity index (χ0v) is 6.39. The van der Waals surface area contributed by atoms with Crippen LogP contribution in [0.25, 0.3) is 0 Å². The van der Waals surface area contributed by atoms with Gasteiger partial charge in [-0.15, -0.1) is 0 Å². The molecule has 2 N–H and O–H groups in total. The summed E-state index contributed by atoms with van der Waals surface area (Å²) in [6.45, 7) is 5.16. The molecule has 0 bridgehead atoms. The molecule has 0 spiro atoms. The molecule has 0 heterocycles. The summed E-state index contributed by atoms with van der Waals surface area (Å²) in [5.41, 5.74) is 1.00. The molecule has 0 aromatic heterocycles. The normalized spacial score (nSPS) is 10.7. The lowest BCUT2D eigenvalue weighted by Crippen LogP contribution is -2.77. The van der Waals surface area contributed by atoms with Gasteiger partial charge in [0.2, 0.25) is 0 Å². The number of hydrogen-bond acceptors (Lipinski definition) is 1. The maximum Gasteiger partial charge on any atom is 0.0752 e. The number of quaternary nitrogens is 1. The van der Waals surface area contributed by atoms with E-state index in [2.05, 4.69) is 13.8 Å². The summed E-state index contributed by atoms with van der Waals surface area (Å²) in [6, 6.07) is 0. The van der Waals surface area contributed by atoms with E-state index in [1.165, 1.54) is 12.8 Å². The van der Waals surface area contributed by atoms with Crippen LogP contribution in [0.1, 0.15) is 33.1 Å². The number of hydrogen-bond donors (Lipinski definition) is 1. The molecule has 56 valence electrons. The molecular formula is C7H17NO. The fourth-order valence-electron chi connectivity index (χ4n) is 0.780. The van der Waals surface area contributed by atoms with E-state index in [-0.39, 0.29) is 0 Å². The van der Waals surface area contributed by atoms with Gasteiger partial charge in [-0.3, -0.25) is 0 Å². The first-order valence-electron chi connectivity index (χ1n) is 3.71. The molecular weight excluding hydrogens is 114 g/mol. The average Bonchev–Trinajstić information content (AvgIpc) is 1.80. The second kappa shape index (κ2) is 6.05. The zero-order chi connectivity index (χ0) is 7.11. The second-order valence-corrected chi connectivity index (χ2v) is 2.84. The molecule has 0 saturated carbocycles. The lowest BCUT2D eigenvalue weighted by atomic mass is 10.1. The summed E-state index contributed by atoms with van der Waals surface area (Å²) in [6.07, 6.45) is 3.53. The predicted octanol–water partition coefficient (Wildman–Crippen LogP) is 0.874. The summed E-state index contributed by atoms with van der Waals surface area (Å²) in [4.78, 5) is 0. The standard InChI is InChI=1S/C7H17NO/c1-7(2)5-3-4-6-8-9/h7H,3-6,8H2,1-2H3. The van der Waals surface area contributed by atoms with Crippen molar-refractivity contribution in [1.29, 1.82) is 0 Å². The van der Waals surface area contributed by atoms with Gasteiger partial charge in [0, 0.05) is 0 Å². The van der Waals surface area contributed by atoms with Gasteiger partial charge >= 0.3 is 0 Å². The Kier molecular flexibility index (Phi) is 5.99. The Labute approximate surface area is 57.2 Å². The largest absolute Gasteiger partial charge is 0.636 e. The third-order valence-corrected chi connectivity index (χ3v) is 1.35. The van der Waals surface area contributed by atoms with Gasteiger partial charge < -0.3 is 10.7 Å². The van der Waals surface area contributed by atoms with Gasteiger partial charge in [0.25, 0.3) is 0 Å². The Morgan fingerprint density at radius 1 is 1.33 bits per heavy atom. The van der Waals surface area contributed by atoms with Gasteiger partial charge in [-0.2, -0.15) is 0 Å². The highest BCUT2D eigenvalue weighted by Gasteiger charge is 1.92. The van der Waals surface area contributed by atoms with Crippen molar-refractivity contribution in [2.24, 2.45) is 5.92 Å². The average molecular weight is 131 g/mol. The third kappa shape index (κ3) is 7.92. The first-order valence-corrected chi connectivity index (χ1v) is 3.71. The van der Waals surface area contributed by atoms with Crippen LogP contribution in [0.5, 0.6) is 0 Å². The van der Waals surface area contributed by atoms with E-state index in [0.717, 1.165) is 24.4 Å². The smallest absolute Gasteiger partial charge is 0.0752 e. The topological polar surface area (TPSA) is 39.7 Å². The van der Waals surface area contributed by atoms with E-state index < -0.39 is 0 Å². The lowest BCUT2D eigenvalue weighted by Gasteiger charge is -2.03. The van der Waals surface area contributed by atoms with Crippen molar-refractivity contribution in [3.63, 3.8) is 0 Å². The maximum atomic E-state index is 9.85. The highest BCUT2D eigenvalue weighted by molar-refractivity contribution is 4.44. The molecule has 0 radical (unpaired) electrons. The highest BCUT2D eigenvalue weighted by atomic mass is 16.5. The molecule has 0 aliphatic rings. The van der Waals surface area contributed by atoms with Crippen molar-refractivity contribution in [1.82, 2.24) is 0 Å². The van der Waals surface area contributed by atoms with Crippen LogP contribution in [-0.2, 0) is 0 Å². The summed E-state index contributed by atoms with van der Waals surface area (Å²) in [5.74, 6) is 0.789. The number of rotatable bonds is 5. The molecule has 0 unspecified atom stereocenters. The predicted molar refractivity (Wildman–Crippen MR) is 38.8 cm³/mol. The van der Waals surface area contributed by atoms with Crippen LogP contribution in [0.2, 0.25) is 0 Å². The molecule has 0 fully saturated rings. The van der Waals surface area contributed by atoms with Crippen molar-refractivity contribution in [2.75, 3.05) is 6.54 Å². The first-order chi connectivity index (χ1) is 4.27.